The molecule has 20 heavy (non-hydrogen) atoms. The molecule has 1 aliphatic rings. The molecule has 1 fully saturated rings. The maximum atomic E-state index is 10.7. The molecule has 0 amide bonds. The maximum Gasteiger partial charge on any atom is 0.270 e. The molecule has 2 N–H and O–H groups in total. The Bertz CT molecular complexity index is 487. The Labute approximate surface area is 126 Å². The van der Waals surface area contributed by atoms with Crippen molar-refractivity contribution in [1.82, 2.24) is 0 Å². The Kier molecular flexibility index (Phi) is 5.12. The number of nitro groups is 1. The number of nitro benzene ring substituents is 1. The van der Waals surface area contributed by atoms with E-state index in [0.29, 0.717) is 17.7 Å². The van der Waals surface area contributed by atoms with E-state index in [0.717, 1.165) is 18.4 Å². The van der Waals surface area contributed by atoms with Crippen molar-refractivity contribution in [3.05, 3.63) is 38.3 Å². The summed E-state index contributed by atoms with van der Waals surface area (Å²) in [5.41, 5.74) is 7.07. The second-order valence-electron chi connectivity index (χ2n) is 5.45. The van der Waals surface area contributed by atoms with Gasteiger partial charge in [-0.15, -0.1) is 0 Å². The van der Waals surface area contributed by atoms with E-state index in [4.69, 9.17) is 10.5 Å². The Hall–Kier alpha value is -0.980. The molecule has 0 heterocycles. The standard InChI is InChI=1S/C14H19BrN2O3/c15-13-8-12(17(18)19)5-4-11(13)9-20-10-14(16)6-2-1-3-7-14/h4-5,8H,1-3,6-7,9-10,16H2. The predicted molar refractivity (Wildman–Crippen MR) is 80.5 cm³/mol. The van der Waals surface area contributed by atoms with E-state index >= 15 is 0 Å². The van der Waals surface area contributed by atoms with Crippen molar-refractivity contribution in [1.29, 1.82) is 0 Å². The third-order valence-electron chi connectivity index (χ3n) is 3.74. The molecular formula is C14H19BrN2O3. The lowest BCUT2D eigenvalue weighted by molar-refractivity contribution is -0.384. The van der Waals surface area contributed by atoms with Gasteiger partial charge in [0.2, 0.25) is 0 Å². The van der Waals surface area contributed by atoms with Gasteiger partial charge in [0.05, 0.1) is 18.1 Å². The van der Waals surface area contributed by atoms with Gasteiger partial charge >= 0.3 is 0 Å². The molecule has 110 valence electrons. The number of hydrogen-bond acceptors (Lipinski definition) is 4. The molecule has 0 aromatic heterocycles. The third kappa shape index (κ3) is 4.01. The molecule has 0 spiro atoms. The fraction of sp³-hybridized carbons (Fsp3) is 0.571. The van der Waals surface area contributed by atoms with Crippen LogP contribution in [0.25, 0.3) is 0 Å². The highest BCUT2D eigenvalue weighted by molar-refractivity contribution is 9.10. The summed E-state index contributed by atoms with van der Waals surface area (Å²) in [5.74, 6) is 0. The highest BCUT2D eigenvalue weighted by Gasteiger charge is 2.27. The van der Waals surface area contributed by atoms with Crippen LogP contribution in [0.3, 0.4) is 0 Å². The van der Waals surface area contributed by atoms with Crippen LogP contribution >= 0.6 is 15.9 Å². The van der Waals surface area contributed by atoms with Crippen molar-refractivity contribution in [2.24, 2.45) is 5.73 Å². The van der Waals surface area contributed by atoms with Gasteiger partial charge in [-0.05, 0) is 24.5 Å². The molecule has 0 unspecified atom stereocenters. The van der Waals surface area contributed by atoms with Crippen LogP contribution < -0.4 is 5.73 Å². The zero-order valence-corrected chi connectivity index (χ0v) is 12.9. The first-order valence-corrected chi connectivity index (χ1v) is 7.59. The topological polar surface area (TPSA) is 78.4 Å². The Balaban J connectivity index is 1.89. The summed E-state index contributed by atoms with van der Waals surface area (Å²) in [4.78, 5) is 10.3. The molecular weight excluding hydrogens is 324 g/mol. The minimum absolute atomic E-state index is 0.0724. The average molecular weight is 343 g/mol. The van der Waals surface area contributed by atoms with Crippen LogP contribution in [-0.4, -0.2) is 17.1 Å². The lowest BCUT2D eigenvalue weighted by atomic mass is 9.83. The minimum atomic E-state index is -0.410. The fourth-order valence-corrected chi connectivity index (χ4v) is 3.01. The first-order valence-electron chi connectivity index (χ1n) is 6.80. The molecule has 0 atom stereocenters. The third-order valence-corrected chi connectivity index (χ3v) is 4.48. The smallest absolute Gasteiger partial charge is 0.270 e. The van der Waals surface area contributed by atoms with Crippen molar-refractivity contribution in [2.75, 3.05) is 6.61 Å². The summed E-state index contributed by atoms with van der Waals surface area (Å²) in [5, 5.41) is 10.7. The number of nitrogens with zero attached hydrogens (tertiary/aromatic N) is 1. The van der Waals surface area contributed by atoms with E-state index in [9.17, 15) is 10.1 Å². The summed E-state index contributed by atoms with van der Waals surface area (Å²) in [6.45, 7) is 0.952. The molecule has 0 saturated heterocycles. The zero-order chi connectivity index (χ0) is 14.6. The van der Waals surface area contributed by atoms with Crippen LogP contribution in [-0.2, 0) is 11.3 Å². The van der Waals surface area contributed by atoms with Gasteiger partial charge in [0, 0.05) is 22.1 Å². The maximum absolute atomic E-state index is 10.7. The van der Waals surface area contributed by atoms with Crippen molar-refractivity contribution in [3.8, 4) is 0 Å². The summed E-state index contributed by atoms with van der Waals surface area (Å²) >= 11 is 3.34. The van der Waals surface area contributed by atoms with Gasteiger partial charge in [0.15, 0.2) is 0 Å². The molecule has 0 bridgehead atoms. The normalized spacial score (nSPS) is 17.9. The van der Waals surface area contributed by atoms with Gasteiger partial charge in [0.25, 0.3) is 5.69 Å². The monoisotopic (exact) mass is 342 g/mol. The average Bonchev–Trinajstić information content (AvgIpc) is 2.41. The Morgan fingerprint density at radius 2 is 2.05 bits per heavy atom. The minimum Gasteiger partial charge on any atom is -0.375 e. The first kappa shape index (κ1) is 15.4. The van der Waals surface area contributed by atoms with Gasteiger partial charge in [0.1, 0.15) is 0 Å². The van der Waals surface area contributed by atoms with Gasteiger partial charge in [-0.2, -0.15) is 0 Å². The summed E-state index contributed by atoms with van der Waals surface area (Å²) in [7, 11) is 0. The lowest BCUT2D eigenvalue weighted by Crippen LogP contribution is -2.46. The molecule has 6 heteroatoms. The van der Waals surface area contributed by atoms with Crippen LogP contribution in [0.1, 0.15) is 37.7 Å². The van der Waals surface area contributed by atoms with Crippen molar-refractivity contribution in [3.63, 3.8) is 0 Å². The first-order chi connectivity index (χ1) is 9.50. The second kappa shape index (κ2) is 6.65. The van der Waals surface area contributed by atoms with E-state index in [2.05, 4.69) is 15.9 Å². The van der Waals surface area contributed by atoms with Crippen LogP contribution in [0, 0.1) is 10.1 Å². The molecule has 2 rings (SSSR count). The van der Waals surface area contributed by atoms with Crippen LogP contribution in [0.15, 0.2) is 22.7 Å². The van der Waals surface area contributed by atoms with Crippen molar-refractivity contribution < 1.29 is 9.66 Å². The molecule has 0 aliphatic heterocycles. The number of ether oxygens (including phenoxy) is 1. The van der Waals surface area contributed by atoms with Gasteiger partial charge in [-0.1, -0.05) is 35.2 Å². The largest absolute Gasteiger partial charge is 0.375 e. The van der Waals surface area contributed by atoms with Crippen molar-refractivity contribution >= 4 is 21.6 Å². The lowest BCUT2D eigenvalue weighted by Gasteiger charge is -2.33. The molecule has 0 radical (unpaired) electrons. The molecule has 1 aromatic carbocycles. The van der Waals surface area contributed by atoms with E-state index in [1.165, 1.54) is 31.4 Å². The molecule has 1 aliphatic carbocycles. The number of non-ortho nitro benzene ring substituents is 1. The van der Waals surface area contributed by atoms with Crippen LogP contribution in [0.4, 0.5) is 5.69 Å². The molecule has 1 aromatic rings. The fourth-order valence-electron chi connectivity index (χ4n) is 2.53. The Morgan fingerprint density at radius 3 is 2.65 bits per heavy atom. The highest BCUT2D eigenvalue weighted by atomic mass is 79.9. The Morgan fingerprint density at radius 1 is 1.35 bits per heavy atom. The second-order valence-corrected chi connectivity index (χ2v) is 6.30. The van der Waals surface area contributed by atoms with Crippen molar-refractivity contribution in [2.45, 2.75) is 44.2 Å². The number of rotatable bonds is 5. The van der Waals surface area contributed by atoms with Gasteiger partial charge < -0.3 is 10.5 Å². The number of nitrogens with two attached hydrogens (primary N) is 1. The van der Waals surface area contributed by atoms with E-state index in [-0.39, 0.29) is 11.2 Å². The SMILES string of the molecule is NC1(COCc2ccc([N+](=O)[O-])cc2Br)CCCCC1. The summed E-state index contributed by atoms with van der Waals surface area (Å²) in [6, 6.07) is 4.70. The molecule has 1 saturated carbocycles. The van der Waals surface area contributed by atoms with Crippen LogP contribution in [0.5, 0.6) is 0 Å². The van der Waals surface area contributed by atoms with E-state index in [1.54, 1.807) is 6.07 Å². The summed E-state index contributed by atoms with van der Waals surface area (Å²) in [6.07, 6.45) is 5.61. The number of hydrogen-bond donors (Lipinski definition) is 1. The van der Waals surface area contributed by atoms with Crippen LogP contribution in [0.2, 0.25) is 0 Å². The van der Waals surface area contributed by atoms with E-state index < -0.39 is 4.92 Å². The van der Waals surface area contributed by atoms with Gasteiger partial charge in [-0.25, -0.2) is 0 Å². The highest BCUT2D eigenvalue weighted by Crippen LogP contribution is 2.27. The van der Waals surface area contributed by atoms with E-state index in [1.807, 2.05) is 0 Å². The van der Waals surface area contributed by atoms with Gasteiger partial charge in [-0.3, -0.25) is 10.1 Å². The summed E-state index contributed by atoms with van der Waals surface area (Å²) < 4.78 is 6.41. The predicted octanol–water partition coefficient (Wildman–Crippen LogP) is 3.54. The zero-order valence-electron chi connectivity index (χ0n) is 11.3. The number of benzene rings is 1. The quantitative estimate of drug-likeness (QED) is 0.655. The molecule has 5 nitrogen and oxygen atoms in total. The number of halogens is 1.